The molecule has 0 aliphatic carbocycles. The Labute approximate surface area is 166 Å². The lowest BCUT2D eigenvalue weighted by Crippen LogP contribution is -3.13. The summed E-state index contributed by atoms with van der Waals surface area (Å²) in [7, 11) is 3.14. The van der Waals surface area contributed by atoms with Gasteiger partial charge in [0.05, 0.1) is 52.6 Å². The Morgan fingerprint density at radius 1 is 1.04 bits per heavy atom. The molecule has 0 aromatic heterocycles. The average molecular weight is 385 g/mol. The number of carbonyl (C=O) groups is 1. The molecule has 1 amide bonds. The van der Waals surface area contributed by atoms with Gasteiger partial charge in [-0.15, -0.1) is 0 Å². The van der Waals surface area contributed by atoms with Gasteiger partial charge >= 0.3 is 0 Å². The second-order valence-corrected chi connectivity index (χ2v) is 6.84. The molecular formula is C22H29N2O4+. The maximum Gasteiger partial charge on any atom is 0.258 e. The highest BCUT2D eigenvalue weighted by molar-refractivity contribution is 5.97. The number of benzene rings is 2. The van der Waals surface area contributed by atoms with E-state index in [9.17, 15) is 4.79 Å². The minimum Gasteiger partial charge on any atom is -0.494 e. The number of ether oxygens (including phenoxy) is 3. The number of hydrogen-bond acceptors (Lipinski definition) is 4. The molecule has 150 valence electrons. The van der Waals surface area contributed by atoms with E-state index in [0.29, 0.717) is 23.7 Å². The standard InChI is InChI=1S/C22H28N2O4/c1-4-28-18-10-8-17(9-11-18)16-23-12-14-24(15-13-23)22(25)19-6-5-7-20(26-2)21(19)27-3/h5-11H,4,12-16H2,1-3H3/p+1. The summed E-state index contributed by atoms with van der Waals surface area (Å²) in [6.45, 7) is 6.92. The number of methoxy groups -OCH3 is 2. The third-order valence-corrected chi connectivity index (χ3v) is 5.08. The second kappa shape index (κ2) is 9.46. The van der Waals surface area contributed by atoms with Gasteiger partial charge in [0.1, 0.15) is 12.3 Å². The average Bonchev–Trinajstić information content (AvgIpc) is 2.74. The van der Waals surface area contributed by atoms with E-state index in [-0.39, 0.29) is 5.91 Å². The Hall–Kier alpha value is -2.73. The highest BCUT2D eigenvalue weighted by Crippen LogP contribution is 2.31. The van der Waals surface area contributed by atoms with Crippen molar-refractivity contribution in [2.75, 3.05) is 47.0 Å². The molecule has 28 heavy (non-hydrogen) atoms. The molecule has 6 heteroatoms. The van der Waals surface area contributed by atoms with Crippen LogP contribution in [-0.4, -0.2) is 57.8 Å². The number of nitrogens with zero attached hydrogens (tertiary/aromatic N) is 1. The van der Waals surface area contributed by atoms with Gasteiger partial charge in [0.2, 0.25) is 0 Å². The second-order valence-electron chi connectivity index (χ2n) is 6.84. The van der Waals surface area contributed by atoms with Crippen LogP contribution in [0, 0.1) is 0 Å². The van der Waals surface area contributed by atoms with Gasteiger partial charge in [-0.3, -0.25) is 4.79 Å². The molecule has 0 spiro atoms. The van der Waals surface area contributed by atoms with Gasteiger partial charge in [-0.05, 0) is 43.3 Å². The van der Waals surface area contributed by atoms with Crippen molar-refractivity contribution in [2.45, 2.75) is 13.5 Å². The van der Waals surface area contributed by atoms with Crippen LogP contribution >= 0.6 is 0 Å². The number of piperazine rings is 1. The van der Waals surface area contributed by atoms with Crippen molar-refractivity contribution in [3.63, 3.8) is 0 Å². The predicted molar refractivity (Wildman–Crippen MR) is 107 cm³/mol. The topological polar surface area (TPSA) is 52.4 Å². The van der Waals surface area contributed by atoms with E-state index >= 15 is 0 Å². The number of hydrogen-bond donors (Lipinski definition) is 1. The van der Waals surface area contributed by atoms with Crippen LogP contribution in [0.3, 0.4) is 0 Å². The minimum absolute atomic E-state index is 0.00383. The first-order valence-corrected chi connectivity index (χ1v) is 9.71. The fraction of sp³-hybridized carbons (Fsp3) is 0.409. The lowest BCUT2D eigenvalue weighted by atomic mass is 10.1. The van der Waals surface area contributed by atoms with Gasteiger partial charge in [-0.2, -0.15) is 0 Å². The highest BCUT2D eigenvalue weighted by atomic mass is 16.5. The van der Waals surface area contributed by atoms with Crippen molar-refractivity contribution >= 4 is 5.91 Å². The predicted octanol–water partition coefficient (Wildman–Crippen LogP) is 1.64. The lowest BCUT2D eigenvalue weighted by molar-refractivity contribution is -0.917. The molecule has 1 heterocycles. The summed E-state index contributed by atoms with van der Waals surface area (Å²) in [6, 6.07) is 13.7. The van der Waals surface area contributed by atoms with E-state index in [4.69, 9.17) is 14.2 Å². The summed E-state index contributed by atoms with van der Waals surface area (Å²) >= 11 is 0. The third-order valence-electron chi connectivity index (χ3n) is 5.08. The molecular weight excluding hydrogens is 356 g/mol. The summed E-state index contributed by atoms with van der Waals surface area (Å²) in [4.78, 5) is 16.4. The van der Waals surface area contributed by atoms with Crippen molar-refractivity contribution in [2.24, 2.45) is 0 Å². The van der Waals surface area contributed by atoms with Crippen LogP contribution in [0.4, 0.5) is 0 Å². The van der Waals surface area contributed by atoms with Gasteiger partial charge in [-0.1, -0.05) is 6.07 Å². The largest absolute Gasteiger partial charge is 0.494 e. The van der Waals surface area contributed by atoms with E-state index in [1.54, 1.807) is 26.4 Å². The van der Waals surface area contributed by atoms with Crippen molar-refractivity contribution < 1.29 is 23.9 Å². The van der Waals surface area contributed by atoms with Gasteiger partial charge in [-0.25, -0.2) is 0 Å². The molecule has 0 saturated carbocycles. The normalized spacial score (nSPS) is 14.6. The minimum atomic E-state index is -0.00383. The molecule has 6 nitrogen and oxygen atoms in total. The number of amides is 1. The number of rotatable bonds is 7. The Balaban J connectivity index is 1.58. The summed E-state index contributed by atoms with van der Waals surface area (Å²) in [5.41, 5.74) is 1.84. The molecule has 1 saturated heterocycles. The van der Waals surface area contributed by atoms with Crippen molar-refractivity contribution in [1.29, 1.82) is 0 Å². The summed E-state index contributed by atoms with van der Waals surface area (Å²) in [5.74, 6) is 1.98. The Morgan fingerprint density at radius 2 is 1.75 bits per heavy atom. The van der Waals surface area contributed by atoms with Crippen LogP contribution in [0.5, 0.6) is 17.2 Å². The zero-order valence-corrected chi connectivity index (χ0v) is 16.9. The lowest BCUT2D eigenvalue weighted by Gasteiger charge is -2.32. The highest BCUT2D eigenvalue weighted by Gasteiger charge is 2.27. The molecule has 0 radical (unpaired) electrons. The summed E-state index contributed by atoms with van der Waals surface area (Å²) in [5, 5.41) is 0. The van der Waals surface area contributed by atoms with E-state index in [0.717, 1.165) is 38.5 Å². The molecule has 1 N–H and O–H groups in total. The molecule has 2 aromatic carbocycles. The maximum absolute atomic E-state index is 13.0. The van der Waals surface area contributed by atoms with Crippen LogP contribution in [0.15, 0.2) is 42.5 Å². The monoisotopic (exact) mass is 385 g/mol. The van der Waals surface area contributed by atoms with Gasteiger partial charge in [0.15, 0.2) is 11.5 Å². The molecule has 3 rings (SSSR count). The van der Waals surface area contributed by atoms with Gasteiger partial charge < -0.3 is 24.0 Å². The van der Waals surface area contributed by atoms with Crippen molar-refractivity contribution in [1.82, 2.24) is 4.90 Å². The van der Waals surface area contributed by atoms with Crippen LogP contribution in [-0.2, 0) is 6.54 Å². The Bertz CT molecular complexity index is 784. The zero-order valence-electron chi connectivity index (χ0n) is 16.9. The quantitative estimate of drug-likeness (QED) is 0.787. The molecule has 0 bridgehead atoms. The molecule has 1 aliphatic rings. The number of para-hydroxylation sites is 1. The zero-order chi connectivity index (χ0) is 19.9. The van der Waals surface area contributed by atoms with Crippen molar-refractivity contribution in [3.05, 3.63) is 53.6 Å². The van der Waals surface area contributed by atoms with Crippen LogP contribution < -0.4 is 19.1 Å². The fourth-order valence-electron chi connectivity index (χ4n) is 3.59. The molecule has 1 fully saturated rings. The van der Waals surface area contributed by atoms with E-state index in [2.05, 4.69) is 12.1 Å². The van der Waals surface area contributed by atoms with E-state index in [1.165, 1.54) is 10.5 Å². The maximum atomic E-state index is 13.0. The summed E-state index contributed by atoms with van der Waals surface area (Å²) in [6.07, 6.45) is 0. The van der Waals surface area contributed by atoms with Crippen LogP contribution in [0.2, 0.25) is 0 Å². The molecule has 0 atom stereocenters. The Morgan fingerprint density at radius 3 is 2.36 bits per heavy atom. The fourth-order valence-corrected chi connectivity index (χ4v) is 3.59. The first kappa shape index (κ1) is 20.0. The first-order chi connectivity index (χ1) is 13.7. The molecule has 0 unspecified atom stereocenters. The number of carbonyl (C=O) groups excluding carboxylic acids is 1. The Kier molecular flexibility index (Phi) is 6.76. The van der Waals surface area contributed by atoms with Crippen LogP contribution in [0.25, 0.3) is 0 Å². The third kappa shape index (κ3) is 4.57. The number of nitrogens with one attached hydrogen (secondary N) is 1. The SMILES string of the molecule is CCOc1ccc(C[NH+]2CCN(C(=O)c3cccc(OC)c3OC)CC2)cc1. The van der Waals surface area contributed by atoms with Crippen LogP contribution in [0.1, 0.15) is 22.8 Å². The van der Waals surface area contributed by atoms with Crippen molar-refractivity contribution in [3.8, 4) is 17.2 Å². The number of quaternary nitrogens is 1. The van der Waals surface area contributed by atoms with Gasteiger partial charge in [0, 0.05) is 5.56 Å². The first-order valence-electron chi connectivity index (χ1n) is 9.71. The van der Waals surface area contributed by atoms with E-state index < -0.39 is 0 Å². The van der Waals surface area contributed by atoms with Gasteiger partial charge in [0.25, 0.3) is 5.91 Å². The molecule has 1 aliphatic heterocycles. The van der Waals surface area contributed by atoms with E-state index in [1.807, 2.05) is 30.0 Å². The smallest absolute Gasteiger partial charge is 0.258 e. The summed E-state index contributed by atoms with van der Waals surface area (Å²) < 4.78 is 16.2. The molecule has 2 aromatic rings.